The summed E-state index contributed by atoms with van der Waals surface area (Å²) < 4.78 is 7.90. The largest absolute Gasteiger partial charge is 0.455 e. The van der Waals surface area contributed by atoms with E-state index in [-0.39, 0.29) is 0 Å². The molecule has 0 unspecified atom stereocenters. The lowest BCUT2D eigenvalue weighted by molar-refractivity contribution is 0.481. The smallest absolute Gasteiger partial charge is 0.150 e. The van der Waals surface area contributed by atoms with E-state index in [0.717, 1.165) is 19.4 Å². The zero-order valence-corrected chi connectivity index (χ0v) is 12.9. The van der Waals surface area contributed by atoms with Gasteiger partial charge in [-0.15, -0.1) is 0 Å². The number of anilines is 1. The van der Waals surface area contributed by atoms with Gasteiger partial charge in [-0.25, -0.2) is 0 Å². The number of benzene rings is 2. The van der Waals surface area contributed by atoms with Crippen LogP contribution in [0.5, 0.6) is 11.5 Å². The molecule has 0 saturated carbocycles. The fourth-order valence-electron chi connectivity index (χ4n) is 1.41. The van der Waals surface area contributed by atoms with Crippen LogP contribution in [0.2, 0.25) is 0 Å². The summed E-state index contributed by atoms with van der Waals surface area (Å²) in [6.45, 7) is 2.00. The van der Waals surface area contributed by atoms with E-state index in [4.69, 9.17) is 10.5 Å². The first-order valence-corrected chi connectivity index (χ1v) is 6.92. The molecule has 0 aliphatic rings. The second kappa shape index (κ2) is 5.27. The summed E-state index contributed by atoms with van der Waals surface area (Å²) in [5.41, 5.74) is 7.64. The van der Waals surface area contributed by atoms with Crippen LogP contribution in [-0.2, 0) is 0 Å². The van der Waals surface area contributed by atoms with E-state index in [0.29, 0.717) is 11.4 Å². The second-order valence-corrected chi connectivity index (χ2v) is 5.86. The minimum atomic E-state index is 0.649. The summed E-state index contributed by atoms with van der Waals surface area (Å²) in [4.78, 5) is 0. The molecule has 0 radical (unpaired) electrons. The Morgan fingerprint density at radius 3 is 2.59 bits per heavy atom. The lowest BCUT2D eigenvalue weighted by Gasteiger charge is -2.11. The van der Waals surface area contributed by atoms with E-state index < -0.39 is 0 Å². The SMILES string of the molecule is Cc1ccc(Br)cc1Oc1ccc(I)cc1N. The summed E-state index contributed by atoms with van der Waals surface area (Å²) in [6, 6.07) is 11.7. The van der Waals surface area contributed by atoms with E-state index in [1.807, 2.05) is 43.3 Å². The van der Waals surface area contributed by atoms with Crippen LogP contribution in [0, 0.1) is 10.5 Å². The molecule has 0 aliphatic carbocycles. The molecule has 0 aliphatic heterocycles. The quantitative estimate of drug-likeness (QED) is 0.580. The number of rotatable bonds is 2. The molecular formula is C13H11BrINO. The number of halogens is 2. The van der Waals surface area contributed by atoms with Crippen LogP contribution >= 0.6 is 38.5 Å². The van der Waals surface area contributed by atoms with Crippen molar-refractivity contribution in [3.05, 3.63) is 50.0 Å². The maximum atomic E-state index is 5.92. The van der Waals surface area contributed by atoms with Crippen molar-refractivity contribution >= 4 is 44.2 Å². The first-order valence-electron chi connectivity index (χ1n) is 5.05. The first-order chi connectivity index (χ1) is 8.06. The van der Waals surface area contributed by atoms with Crippen LogP contribution in [-0.4, -0.2) is 0 Å². The molecule has 0 amide bonds. The number of hydrogen-bond acceptors (Lipinski definition) is 2. The molecule has 2 nitrogen and oxygen atoms in total. The second-order valence-electron chi connectivity index (χ2n) is 3.69. The van der Waals surface area contributed by atoms with Crippen molar-refractivity contribution in [2.45, 2.75) is 6.92 Å². The third kappa shape index (κ3) is 3.13. The molecular weight excluding hydrogens is 393 g/mol. The molecule has 0 fully saturated rings. The van der Waals surface area contributed by atoms with Gasteiger partial charge in [0, 0.05) is 8.04 Å². The molecule has 2 rings (SSSR count). The molecule has 2 aromatic rings. The highest BCUT2D eigenvalue weighted by Crippen LogP contribution is 2.32. The van der Waals surface area contributed by atoms with E-state index >= 15 is 0 Å². The van der Waals surface area contributed by atoms with E-state index in [2.05, 4.69) is 38.5 Å². The molecule has 88 valence electrons. The number of ether oxygens (including phenoxy) is 1. The average molecular weight is 404 g/mol. The van der Waals surface area contributed by atoms with E-state index in [1.165, 1.54) is 0 Å². The normalized spacial score (nSPS) is 10.3. The van der Waals surface area contributed by atoms with Gasteiger partial charge in [-0.1, -0.05) is 22.0 Å². The highest BCUT2D eigenvalue weighted by atomic mass is 127. The molecule has 0 heterocycles. The molecule has 0 aromatic heterocycles. The van der Waals surface area contributed by atoms with Gasteiger partial charge in [-0.3, -0.25) is 0 Å². The van der Waals surface area contributed by atoms with Crippen molar-refractivity contribution < 1.29 is 4.74 Å². The van der Waals surface area contributed by atoms with Crippen LogP contribution < -0.4 is 10.5 Å². The first kappa shape index (κ1) is 12.7. The number of aryl methyl sites for hydroxylation is 1. The molecule has 17 heavy (non-hydrogen) atoms. The maximum absolute atomic E-state index is 5.92. The van der Waals surface area contributed by atoms with Gasteiger partial charge in [0.15, 0.2) is 0 Å². The van der Waals surface area contributed by atoms with Crippen molar-refractivity contribution in [2.24, 2.45) is 0 Å². The third-order valence-corrected chi connectivity index (χ3v) is 3.51. The Hall–Kier alpha value is -0.750. The Labute approximate surface area is 122 Å². The number of hydrogen-bond donors (Lipinski definition) is 1. The van der Waals surface area contributed by atoms with Crippen molar-refractivity contribution in [1.82, 2.24) is 0 Å². The van der Waals surface area contributed by atoms with E-state index in [1.54, 1.807) is 0 Å². The highest BCUT2D eigenvalue weighted by Gasteiger charge is 2.05. The minimum Gasteiger partial charge on any atom is -0.455 e. The Morgan fingerprint density at radius 1 is 1.12 bits per heavy atom. The Kier molecular flexibility index (Phi) is 3.93. The molecule has 2 aromatic carbocycles. The van der Waals surface area contributed by atoms with Gasteiger partial charge in [0.1, 0.15) is 11.5 Å². The zero-order chi connectivity index (χ0) is 12.4. The van der Waals surface area contributed by atoms with Gasteiger partial charge in [-0.05, 0) is 65.4 Å². The van der Waals surface area contributed by atoms with Gasteiger partial charge in [0.05, 0.1) is 5.69 Å². The Balaban J connectivity index is 2.34. The fourth-order valence-corrected chi connectivity index (χ4v) is 2.27. The van der Waals surface area contributed by atoms with Gasteiger partial charge < -0.3 is 10.5 Å². The van der Waals surface area contributed by atoms with Crippen molar-refractivity contribution in [3.8, 4) is 11.5 Å². The topological polar surface area (TPSA) is 35.2 Å². The molecule has 2 N–H and O–H groups in total. The van der Waals surface area contributed by atoms with Crippen molar-refractivity contribution in [1.29, 1.82) is 0 Å². The van der Waals surface area contributed by atoms with Crippen LogP contribution in [0.1, 0.15) is 5.56 Å². The zero-order valence-electron chi connectivity index (χ0n) is 9.21. The molecule has 0 bridgehead atoms. The monoisotopic (exact) mass is 403 g/mol. The molecule has 0 atom stereocenters. The standard InChI is InChI=1S/C13H11BrINO/c1-8-2-3-9(14)6-13(8)17-12-5-4-10(15)7-11(12)16/h2-7H,16H2,1H3. The van der Waals surface area contributed by atoms with Gasteiger partial charge >= 0.3 is 0 Å². The predicted molar refractivity (Wildman–Crippen MR) is 82.5 cm³/mol. The van der Waals surface area contributed by atoms with Crippen molar-refractivity contribution in [3.63, 3.8) is 0 Å². The van der Waals surface area contributed by atoms with E-state index in [9.17, 15) is 0 Å². The van der Waals surface area contributed by atoms with Gasteiger partial charge in [-0.2, -0.15) is 0 Å². The minimum absolute atomic E-state index is 0.649. The molecule has 0 saturated heterocycles. The van der Waals surface area contributed by atoms with Gasteiger partial charge in [0.2, 0.25) is 0 Å². The van der Waals surface area contributed by atoms with Crippen LogP contribution in [0.3, 0.4) is 0 Å². The Morgan fingerprint density at radius 2 is 1.88 bits per heavy atom. The maximum Gasteiger partial charge on any atom is 0.150 e. The summed E-state index contributed by atoms with van der Waals surface area (Å²) in [5.74, 6) is 1.50. The summed E-state index contributed by atoms with van der Waals surface area (Å²) in [7, 11) is 0. The third-order valence-electron chi connectivity index (χ3n) is 2.34. The Bertz CT molecular complexity index is 557. The number of nitrogens with two attached hydrogens (primary N) is 1. The average Bonchev–Trinajstić information content (AvgIpc) is 2.27. The lowest BCUT2D eigenvalue weighted by atomic mass is 10.2. The summed E-state index contributed by atoms with van der Waals surface area (Å²) >= 11 is 5.65. The summed E-state index contributed by atoms with van der Waals surface area (Å²) in [6.07, 6.45) is 0. The molecule has 0 spiro atoms. The van der Waals surface area contributed by atoms with Crippen LogP contribution in [0.15, 0.2) is 40.9 Å². The van der Waals surface area contributed by atoms with Crippen LogP contribution in [0.4, 0.5) is 5.69 Å². The van der Waals surface area contributed by atoms with Crippen LogP contribution in [0.25, 0.3) is 0 Å². The lowest BCUT2D eigenvalue weighted by Crippen LogP contribution is -1.94. The predicted octanol–water partition coefficient (Wildman–Crippen LogP) is 4.74. The van der Waals surface area contributed by atoms with Crippen molar-refractivity contribution in [2.75, 3.05) is 5.73 Å². The van der Waals surface area contributed by atoms with Gasteiger partial charge in [0.25, 0.3) is 0 Å². The number of nitrogen functional groups attached to an aromatic ring is 1. The summed E-state index contributed by atoms with van der Waals surface area (Å²) in [5, 5.41) is 0. The fraction of sp³-hybridized carbons (Fsp3) is 0.0769. The highest BCUT2D eigenvalue weighted by molar-refractivity contribution is 14.1. The molecule has 4 heteroatoms.